The minimum Gasteiger partial charge on any atom is -0.491 e. The molecule has 0 spiro atoms. The molecule has 0 aliphatic heterocycles. The lowest BCUT2D eigenvalue weighted by molar-refractivity contribution is 0.190. The van der Waals surface area contributed by atoms with E-state index in [2.05, 4.69) is 12.2 Å². The maximum absolute atomic E-state index is 15.1. The van der Waals surface area contributed by atoms with E-state index in [-0.39, 0.29) is 42.5 Å². The minimum absolute atomic E-state index is 0.0464. The van der Waals surface area contributed by atoms with E-state index in [4.69, 9.17) is 9.47 Å². The number of hydrogen-bond donors (Lipinski definition) is 0. The Labute approximate surface area is 211 Å². The van der Waals surface area contributed by atoms with Crippen molar-refractivity contribution in [1.82, 2.24) is 0 Å². The summed E-state index contributed by atoms with van der Waals surface area (Å²) in [6.07, 6.45) is 11.0. The lowest BCUT2D eigenvalue weighted by Crippen LogP contribution is -2.21. The fourth-order valence-electron chi connectivity index (χ4n) is 5.84. The highest BCUT2D eigenvalue weighted by Gasteiger charge is 2.30. The van der Waals surface area contributed by atoms with Gasteiger partial charge in [0.05, 0.1) is 13.2 Å². The highest BCUT2D eigenvalue weighted by Crippen LogP contribution is 2.42. The van der Waals surface area contributed by atoms with Crippen molar-refractivity contribution in [2.75, 3.05) is 13.2 Å². The first-order chi connectivity index (χ1) is 17.4. The zero-order valence-electron chi connectivity index (χ0n) is 21.2. The summed E-state index contributed by atoms with van der Waals surface area (Å²) in [5.41, 5.74) is 0.972. The number of halogens is 4. The van der Waals surface area contributed by atoms with Crippen LogP contribution in [0, 0.1) is 35.1 Å². The van der Waals surface area contributed by atoms with E-state index in [9.17, 15) is 8.78 Å². The molecule has 2 aliphatic carbocycles. The molecule has 0 saturated heterocycles. The lowest BCUT2D eigenvalue weighted by atomic mass is 9.76. The van der Waals surface area contributed by atoms with Crippen LogP contribution in [0.25, 0.3) is 0 Å². The molecule has 6 heteroatoms. The fraction of sp³-hybridized carbons (Fsp3) is 0.533. The molecule has 2 aliphatic rings. The molecule has 0 unspecified atom stereocenters. The molecule has 0 bridgehead atoms. The van der Waals surface area contributed by atoms with Crippen molar-refractivity contribution in [3.8, 4) is 11.5 Å². The first-order valence-electron chi connectivity index (χ1n) is 13.3. The van der Waals surface area contributed by atoms with Gasteiger partial charge in [-0.1, -0.05) is 24.3 Å². The Balaban J connectivity index is 1.32. The summed E-state index contributed by atoms with van der Waals surface area (Å²) >= 11 is 0. The van der Waals surface area contributed by atoms with Gasteiger partial charge in [0, 0.05) is 0 Å². The molecule has 2 nitrogen and oxygen atoms in total. The molecule has 2 saturated carbocycles. The third kappa shape index (κ3) is 5.90. The van der Waals surface area contributed by atoms with Gasteiger partial charge in [-0.05, 0) is 112 Å². The zero-order valence-corrected chi connectivity index (χ0v) is 21.2. The number of rotatable bonds is 8. The van der Waals surface area contributed by atoms with Crippen LogP contribution in [0.2, 0.25) is 0 Å². The molecular weight excluding hydrogens is 468 g/mol. The molecule has 0 radical (unpaired) electrons. The number of hydrogen-bond acceptors (Lipinski definition) is 2. The summed E-state index contributed by atoms with van der Waals surface area (Å²) in [5.74, 6) is -3.03. The standard InChI is InChI=1S/C30H36F4O2/c1-3-5-19-6-10-21(11-7-19)23-14-15-24(28(32)27(23)31)22-12-8-20(9-13-22)18-36-26-17-16-25(35-4-2)29(33)30(26)34/h3,5,14-17,19-22H,4,6-13,18H2,1-2H3. The van der Waals surface area contributed by atoms with E-state index in [1.54, 1.807) is 19.1 Å². The lowest BCUT2D eigenvalue weighted by Gasteiger charge is -2.30. The van der Waals surface area contributed by atoms with Gasteiger partial charge in [-0.2, -0.15) is 8.78 Å². The molecule has 0 aromatic heterocycles. The van der Waals surface area contributed by atoms with Crippen molar-refractivity contribution in [1.29, 1.82) is 0 Å². The van der Waals surface area contributed by atoms with Gasteiger partial charge in [0.2, 0.25) is 11.6 Å². The van der Waals surface area contributed by atoms with Gasteiger partial charge in [0.25, 0.3) is 0 Å². The highest BCUT2D eigenvalue weighted by molar-refractivity contribution is 5.35. The van der Waals surface area contributed by atoms with Crippen LogP contribution in [0.3, 0.4) is 0 Å². The molecule has 0 N–H and O–H groups in total. The summed E-state index contributed by atoms with van der Waals surface area (Å²) < 4.78 is 69.2. The van der Waals surface area contributed by atoms with E-state index in [1.165, 1.54) is 12.1 Å². The van der Waals surface area contributed by atoms with Crippen molar-refractivity contribution in [3.63, 3.8) is 0 Å². The van der Waals surface area contributed by atoms with Crippen molar-refractivity contribution in [2.24, 2.45) is 11.8 Å². The molecule has 2 fully saturated rings. The summed E-state index contributed by atoms with van der Waals surface area (Å²) in [7, 11) is 0. The third-order valence-electron chi connectivity index (χ3n) is 7.89. The van der Waals surface area contributed by atoms with Crippen LogP contribution in [-0.2, 0) is 0 Å². The second-order valence-corrected chi connectivity index (χ2v) is 10.2. The second kappa shape index (κ2) is 12.2. The van der Waals surface area contributed by atoms with Gasteiger partial charge < -0.3 is 9.47 Å². The number of ether oxygens (including phenoxy) is 2. The Hall–Kier alpha value is -2.50. The van der Waals surface area contributed by atoms with Gasteiger partial charge in [-0.15, -0.1) is 0 Å². The molecule has 2 aromatic carbocycles. The number of allylic oxidation sites excluding steroid dienone is 2. The van der Waals surface area contributed by atoms with Crippen LogP contribution >= 0.6 is 0 Å². The van der Waals surface area contributed by atoms with Crippen LogP contribution in [-0.4, -0.2) is 13.2 Å². The monoisotopic (exact) mass is 504 g/mol. The van der Waals surface area contributed by atoms with Crippen molar-refractivity contribution in [3.05, 3.63) is 70.8 Å². The van der Waals surface area contributed by atoms with E-state index in [0.29, 0.717) is 29.9 Å². The highest BCUT2D eigenvalue weighted by atomic mass is 19.2. The van der Waals surface area contributed by atoms with Crippen LogP contribution in [0.1, 0.15) is 88.2 Å². The Kier molecular flexibility index (Phi) is 8.97. The average Bonchev–Trinajstić information content (AvgIpc) is 2.89. The predicted octanol–water partition coefficient (Wildman–Crippen LogP) is 8.84. The quantitative estimate of drug-likeness (QED) is 0.264. The van der Waals surface area contributed by atoms with E-state index < -0.39 is 23.3 Å². The first-order valence-corrected chi connectivity index (χ1v) is 13.3. The Morgan fingerprint density at radius 2 is 1.19 bits per heavy atom. The van der Waals surface area contributed by atoms with Crippen LogP contribution in [0.4, 0.5) is 17.6 Å². The third-order valence-corrected chi connectivity index (χ3v) is 7.89. The smallest absolute Gasteiger partial charge is 0.204 e. The van der Waals surface area contributed by atoms with Gasteiger partial charge in [0.15, 0.2) is 23.1 Å². The molecule has 4 rings (SSSR count). The Morgan fingerprint density at radius 1 is 0.694 bits per heavy atom. The van der Waals surface area contributed by atoms with Crippen molar-refractivity contribution < 1.29 is 27.0 Å². The SMILES string of the molecule is CC=CC1CCC(c2ccc(C3CCC(COc4ccc(OCC)c(F)c4F)CC3)c(F)c2F)CC1. The molecule has 2 aromatic rings. The van der Waals surface area contributed by atoms with Gasteiger partial charge in [-0.25, -0.2) is 8.78 Å². The molecule has 0 amide bonds. The summed E-state index contributed by atoms with van der Waals surface area (Å²) in [6.45, 7) is 4.21. The van der Waals surface area contributed by atoms with Gasteiger partial charge in [-0.3, -0.25) is 0 Å². The number of benzene rings is 2. The van der Waals surface area contributed by atoms with Gasteiger partial charge >= 0.3 is 0 Å². The first kappa shape index (κ1) is 26.6. The minimum atomic E-state index is -1.05. The molecule has 0 heterocycles. The second-order valence-electron chi connectivity index (χ2n) is 10.2. The fourth-order valence-corrected chi connectivity index (χ4v) is 5.84. The maximum Gasteiger partial charge on any atom is 0.204 e. The molecular formula is C30H36F4O2. The van der Waals surface area contributed by atoms with E-state index >= 15 is 8.78 Å². The Bertz CT molecular complexity index is 1050. The Morgan fingerprint density at radius 3 is 1.69 bits per heavy atom. The van der Waals surface area contributed by atoms with Gasteiger partial charge in [0.1, 0.15) is 0 Å². The van der Waals surface area contributed by atoms with Crippen molar-refractivity contribution >= 4 is 0 Å². The summed E-state index contributed by atoms with van der Waals surface area (Å²) in [4.78, 5) is 0. The van der Waals surface area contributed by atoms with E-state index in [0.717, 1.165) is 38.5 Å². The van der Waals surface area contributed by atoms with Crippen molar-refractivity contribution in [2.45, 2.75) is 77.0 Å². The van der Waals surface area contributed by atoms with Crippen LogP contribution < -0.4 is 9.47 Å². The largest absolute Gasteiger partial charge is 0.491 e. The molecule has 36 heavy (non-hydrogen) atoms. The zero-order chi connectivity index (χ0) is 25.7. The maximum atomic E-state index is 15.1. The van der Waals surface area contributed by atoms with Crippen LogP contribution in [0.15, 0.2) is 36.4 Å². The molecule has 0 atom stereocenters. The topological polar surface area (TPSA) is 18.5 Å². The summed E-state index contributed by atoms with van der Waals surface area (Å²) in [6, 6.07) is 6.32. The predicted molar refractivity (Wildman–Crippen MR) is 134 cm³/mol. The van der Waals surface area contributed by atoms with Crippen LogP contribution in [0.5, 0.6) is 11.5 Å². The average molecular weight is 505 g/mol. The van der Waals surface area contributed by atoms with E-state index in [1.807, 2.05) is 6.92 Å². The normalized spacial score (nSPS) is 24.7. The molecule has 196 valence electrons. The summed E-state index contributed by atoms with van der Waals surface area (Å²) in [5, 5.41) is 0.